The third-order valence-electron chi connectivity index (χ3n) is 2.24. The zero-order chi connectivity index (χ0) is 11.7. The van der Waals surface area contributed by atoms with E-state index in [9.17, 15) is 4.39 Å². The second kappa shape index (κ2) is 3.92. The first kappa shape index (κ1) is 10.6. The summed E-state index contributed by atoms with van der Waals surface area (Å²) in [6.07, 6.45) is 0. The van der Waals surface area contributed by atoms with Crippen LogP contribution >= 0.6 is 0 Å². The van der Waals surface area contributed by atoms with Crippen LogP contribution in [0, 0.1) is 19.7 Å². The molecular weight excluding hydrogens is 211 g/mol. The highest BCUT2D eigenvalue weighted by Gasteiger charge is 2.14. The summed E-state index contributed by atoms with van der Waals surface area (Å²) >= 11 is 0. The van der Waals surface area contributed by atoms with Crippen molar-refractivity contribution in [1.82, 2.24) is 10.1 Å². The molecule has 0 aliphatic carbocycles. The molecule has 1 aromatic heterocycles. The maximum Gasteiger partial charge on any atom is 0.261 e. The summed E-state index contributed by atoms with van der Waals surface area (Å²) in [4.78, 5) is 3.97. The molecule has 0 radical (unpaired) electrons. The van der Waals surface area contributed by atoms with E-state index in [1.54, 1.807) is 19.9 Å². The Morgan fingerprint density at radius 2 is 2.06 bits per heavy atom. The Morgan fingerprint density at radius 1 is 1.31 bits per heavy atom. The SMILES string of the molecule is COc1cc(-c2nc(C)no2)c(F)cc1C. The number of ether oxygens (including phenoxy) is 1. The van der Waals surface area contributed by atoms with Crippen molar-refractivity contribution in [3.8, 4) is 17.2 Å². The fourth-order valence-electron chi connectivity index (χ4n) is 1.44. The summed E-state index contributed by atoms with van der Waals surface area (Å²) in [5.74, 6) is 0.816. The maximum absolute atomic E-state index is 13.7. The van der Waals surface area contributed by atoms with Crippen LogP contribution in [-0.4, -0.2) is 17.3 Å². The number of rotatable bonds is 2. The number of nitrogens with zero attached hydrogens (tertiary/aromatic N) is 2. The minimum absolute atomic E-state index is 0.160. The van der Waals surface area contributed by atoms with Gasteiger partial charge in [0.15, 0.2) is 5.82 Å². The van der Waals surface area contributed by atoms with Gasteiger partial charge in [0.05, 0.1) is 12.7 Å². The highest BCUT2D eigenvalue weighted by atomic mass is 19.1. The molecule has 0 bridgehead atoms. The number of hydrogen-bond acceptors (Lipinski definition) is 4. The molecule has 5 heteroatoms. The van der Waals surface area contributed by atoms with Crippen molar-refractivity contribution in [2.75, 3.05) is 7.11 Å². The smallest absolute Gasteiger partial charge is 0.261 e. The molecule has 4 nitrogen and oxygen atoms in total. The van der Waals surface area contributed by atoms with Crippen LogP contribution in [0.1, 0.15) is 11.4 Å². The second-order valence-electron chi connectivity index (χ2n) is 3.45. The lowest BCUT2D eigenvalue weighted by Crippen LogP contribution is -1.92. The van der Waals surface area contributed by atoms with Crippen LogP contribution in [0.15, 0.2) is 16.7 Å². The molecule has 0 amide bonds. The highest BCUT2D eigenvalue weighted by molar-refractivity contribution is 5.58. The van der Waals surface area contributed by atoms with E-state index in [0.29, 0.717) is 11.6 Å². The predicted octanol–water partition coefficient (Wildman–Crippen LogP) is 2.50. The Labute approximate surface area is 92.0 Å². The fourth-order valence-corrected chi connectivity index (χ4v) is 1.44. The van der Waals surface area contributed by atoms with E-state index >= 15 is 0 Å². The number of hydrogen-bond donors (Lipinski definition) is 0. The number of aromatic nitrogens is 2. The summed E-state index contributed by atoms with van der Waals surface area (Å²) in [7, 11) is 1.53. The Bertz CT molecular complexity index is 523. The van der Waals surface area contributed by atoms with E-state index < -0.39 is 5.82 Å². The van der Waals surface area contributed by atoms with Gasteiger partial charge in [-0.15, -0.1) is 0 Å². The van der Waals surface area contributed by atoms with Crippen LogP contribution < -0.4 is 4.74 Å². The molecule has 2 aromatic rings. The van der Waals surface area contributed by atoms with E-state index in [2.05, 4.69) is 10.1 Å². The largest absolute Gasteiger partial charge is 0.496 e. The van der Waals surface area contributed by atoms with Gasteiger partial charge in [0.25, 0.3) is 5.89 Å². The molecule has 16 heavy (non-hydrogen) atoms. The van der Waals surface area contributed by atoms with E-state index in [-0.39, 0.29) is 11.5 Å². The van der Waals surface area contributed by atoms with Crippen molar-refractivity contribution in [3.05, 3.63) is 29.3 Å². The monoisotopic (exact) mass is 222 g/mol. The Kier molecular flexibility index (Phi) is 2.60. The summed E-state index contributed by atoms with van der Waals surface area (Å²) in [5.41, 5.74) is 0.975. The maximum atomic E-state index is 13.7. The lowest BCUT2D eigenvalue weighted by molar-refractivity contribution is 0.407. The van der Waals surface area contributed by atoms with Crippen molar-refractivity contribution < 1.29 is 13.7 Å². The average molecular weight is 222 g/mol. The van der Waals surface area contributed by atoms with Gasteiger partial charge in [0, 0.05) is 0 Å². The van der Waals surface area contributed by atoms with Crippen LogP contribution in [0.5, 0.6) is 5.75 Å². The molecular formula is C11H11FN2O2. The molecule has 0 saturated heterocycles. The first-order valence-corrected chi connectivity index (χ1v) is 4.76. The van der Waals surface area contributed by atoms with Crippen LogP contribution in [0.25, 0.3) is 11.5 Å². The standard InChI is InChI=1S/C11H11FN2O2/c1-6-4-9(12)8(5-10(6)15-3)11-13-7(2)14-16-11/h4-5H,1-3H3. The van der Waals surface area contributed by atoms with E-state index in [0.717, 1.165) is 5.56 Å². The zero-order valence-electron chi connectivity index (χ0n) is 9.24. The Morgan fingerprint density at radius 3 is 2.62 bits per heavy atom. The minimum Gasteiger partial charge on any atom is -0.496 e. The van der Waals surface area contributed by atoms with Crippen molar-refractivity contribution in [1.29, 1.82) is 0 Å². The molecule has 84 valence electrons. The van der Waals surface area contributed by atoms with Crippen LogP contribution in [0.4, 0.5) is 4.39 Å². The summed E-state index contributed by atoms with van der Waals surface area (Å²) < 4.78 is 23.7. The molecule has 0 spiro atoms. The van der Waals surface area contributed by atoms with E-state index in [4.69, 9.17) is 9.26 Å². The van der Waals surface area contributed by atoms with Crippen LogP contribution in [0.2, 0.25) is 0 Å². The summed E-state index contributed by atoms with van der Waals surface area (Å²) in [5, 5.41) is 3.62. The van der Waals surface area contributed by atoms with Crippen molar-refractivity contribution in [2.45, 2.75) is 13.8 Å². The van der Waals surface area contributed by atoms with Gasteiger partial charge in [-0.05, 0) is 31.5 Å². The normalized spacial score (nSPS) is 10.5. The lowest BCUT2D eigenvalue weighted by Gasteiger charge is -2.06. The molecule has 1 heterocycles. The third-order valence-corrected chi connectivity index (χ3v) is 2.24. The van der Waals surface area contributed by atoms with Gasteiger partial charge in [-0.3, -0.25) is 0 Å². The van der Waals surface area contributed by atoms with Gasteiger partial charge in [0.1, 0.15) is 11.6 Å². The highest BCUT2D eigenvalue weighted by Crippen LogP contribution is 2.28. The Balaban J connectivity index is 2.56. The average Bonchev–Trinajstić information content (AvgIpc) is 2.65. The van der Waals surface area contributed by atoms with Crippen LogP contribution in [0.3, 0.4) is 0 Å². The number of halogens is 1. The van der Waals surface area contributed by atoms with E-state index in [1.165, 1.54) is 13.2 Å². The first-order chi connectivity index (χ1) is 7.61. The molecule has 0 fully saturated rings. The van der Waals surface area contributed by atoms with E-state index in [1.807, 2.05) is 0 Å². The summed E-state index contributed by atoms with van der Waals surface area (Å²) in [6.45, 7) is 3.45. The van der Waals surface area contributed by atoms with Gasteiger partial charge in [-0.2, -0.15) is 4.98 Å². The number of benzene rings is 1. The van der Waals surface area contributed by atoms with Crippen LogP contribution in [-0.2, 0) is 0 Å². The van der Waals surface area contributed by atoms with Gasteiger partial charge < -0.3 is 9.26 Å². The molecule has 0 unspecified atom stereocenters. The molecule has 0 N–H and O–H groups in total. The molecule has 0 saturated carbocycles. The molecule has 0 aliphatic heterocycles. The van der Waals surface area contributed by atoms with Crippen molar-refractivity contribution in [3.63, 3.8) is 0 Å². The molecule has 0 aliphatic rings. The molecule has 1 aromatic carbocycles. The zero-order valence-corrected chi connectivity index (χ0v) is 9.24. The number of aryl methyl sites for hydroxylation is 2. The quantitative estimate of drug-likeness (QED) is 0.783. The topological polar surface area (TPSA) is 48.2 Å². The van der Waals surface area contributed by atoms with Crippen molar-refractivity contribution in [2.24, 2.45) is 0 Å². The first-order valence-electron chi connectivity index (χ1n) is 4.76. The number of methoxy groups -OCH3 is 1. The summed E-state index contributed by atoms with van der Waals surface area (Å²) in [6, 6.07) is 2.94. The third kappa shape index (κ3) is 1.76. The second-order valence-corrected chi connectivity index (χ2v) is 3.45. The van der Waals surface area contributed by atoms with Gasteiger partial charge in [0.2, 0.25) is 0 Å². The Hall–Kier alpha value is -1.91. The predicted molar refractivity (Wildman–Crippen MR) is 55.7 cm³/mol. The van der Waals surface area contributed by atoms with Gasteiger partial charge >= 0.3 is 0 Å². The van der Waals surface area contributed by atoms with Gasteiger partial charge in [-0.1, -0.05) is 5.16 Å². The van der Waals surface area contributed by atoms with Gasteiger partial charge in [-0.25, -0.2) is 4.39 Å². The fraction of sp³-hybridized carbons (Fsp3) is 0.273. The molecule has 2 rings (SSSR count). The minimum atomic E-state index is -0.401. The molecule has 0 atom stereocenters. The lowest BCUT2D eigenvalue weighted by atomic mass is 10.1. The van der Waals surface area contributed by atoms with Crippen molar-refractivity contribution >= 4 is 0 Å².